The zero-order valence-electron chi connectivity index (χ0n) is 19.6. The quantitative estimate of drug-likeness (QED) is 0.468. The minimum atomic E-state index is -0.177. The predicted octanol–water partition coefficient (Wildman–Crippen LogP) is 5.51. The third-order valence-electron chi connectivity index (χ3n) is 5.19. The summed E-state index contributed by atoms with van der Waals surface area (Å²) in [5, 5.41) is 5.88. The van der Waals surface area contributed by atoms with Gasteiger partial charge in [-0.3, -0.25) is 9.59 Å². The van der Waals surface area contributed by atoms with Gasteiger partial charge < -0.3 is 15.5 Å². The summed E-state index contributed by atoms with van der Waals surface area (Å²) < 4.78 is 0. The summed E-state index contributed by atoms with van der Waals surface area (Å²) in [4.78, 5) is 27.3. The molecule has 2 amide bonds. The van der Waals surface area contributed by atoms with E-state index < -0.39 is 0 Å². The Kier molecular flexibility index (Phi) is 9.57. The van der Waals surface area contributed by atoms with Gasteiger partial charge in [0.2, 0.25) is 0 Å². The molecule has 31 heavy (non-hydrogen) atoms. The fourth-order valence-corrected chi connectivity index (χ4v) is 3.36. The van der Waals surface area contributed by atoms with Gasteiger partial charge in [-0.2, -0.15) is 0 Å². The highest BCUT2D eigenvalue weighted by atomic mass is 16.2. The van der Waals surface area contributed by atoms with Crippen molar-refractivity contribution in [3.63, 3.8) is 0 Å². The van der Waals surface area contributed by atoms with Crippen LogP contribution in [-0.4, -0.2) is 32.5 Å². The topological polar surface area (TPSA) is 61.4 Å². The van der Waals surface area contributed by atoms with E-state index in [9.17, 15) is 9.59 Å². The molecule has 5 heteroatoms. The average molecular weight is 424 g/mol. The number of anilines is 2. The first-order chi connectivity index (χ1) is 14.8. The lowest BCUT2D eigenvalue weighted by atomic mass is 10.0. The summed E-state index contributed by atoms with van der Waals surface area (Å²) in [6, 6.07) is 13.2. The molecule has 0 aliphatic heterocycles. The second-order valence-corrected chi connectivity index (χ2v) is 8.69. The molecule has 2 aromatic carbocycles. The van der Waals surface area contributed by atoms with Crippen LogP contribution in [0.5, 0.6) is 0 Å². The molecule has 5 nitrogen and oxygen atoms in total. The second kappa shape index (κ2) is 12.1. The van der Waals surface area contributed by atoms with Crippen LogP contribution in [0.15, 0.2) is 42.5 Å². The molecule has 0 fully saturated rings. The van der Waals surface area contributed by atoms with Gasteiger partial charge in [-0.05, 0) is 54.7 Å². The molecule has 0 radical (unpaired) electrons. The van der Waals surface area contributed by atoms with Gasteiger partial charge in [0.25, 0.3) is 11.8 Å². The first kappa shape index (κ1) is 24.4. The minimum absolute atomic E-state index is 0.138. The molecular weight excluding hydrogens is 386 g/mol. The van der Waals surface area contributed by atoms with Gasteiger partial charge in [-0.25, -0.2) is 0 Å². The van der Waals surface area contributed by atoms with Crippen molar-refractivity contribution in [2.75, 3.05) is 30.9 Å². The molecule has 0 unspecified atom stereocenters. The van der Waals surface area contributed by atoms with E-state index in [-0.39, 0.29) is 11.8 Å². The number of nitrogens with one attached hydrogen (secondary N) is 2. The lowest BCUT2D eigenvalue weighted by Gasteiger charge is -2.19. The summed E-state index contributed by atoms with van der Waals surface area (Å²) in [5.41, 5.74) is 3.83. The average Bonchev–Trinajstić information content (AvgIpc) is 2.75. The Bertz CT molecular complexity index is 857. The number of nitrogens with zero attached hydrogens (tertiary/aromatic N) is 1. The Morgan fingerprint density at radius 1 is 0.935 bits per heavy atom. The number of carbonyl (C=O) groups is 2. The summed E-state index contributed by atoms with van der Waals surface area (Å²) >= 11 is 0. The van der Waals surface area contributed by atoms with E-state index in [0.717, 1.165) is 12.1 Å². The first-order valence-electron chi connectivity index (χ1n) is 11.3. The molecule has 0 aliphatic carbocycles. The summed E-state index contributed by atoms with van der Waals surface area (Å²) in [7, 11) is 3.80. The standard InChI is InChI=1S/C26H37N3O2/c1-6-7-8-9-10-20-11-13-21(14-12-20)25(30)28-22-15-16-24(29(4)5)23(17-22)26(31)27-18-19(2)3/h11-17,19H,6-10,18H2,1-5H3,(H,27,31)(H,28,30). The molecule has 2 rings (SSSR count). The molecule has 0 aromatic heterocycles. The summed E-state index contributed by atoms with van der Waals surface area (Å²) in [5.74, 6) is 0.0499. The van der Waals surface area contributed by atoms with Crippen LogP contribution in [0.25, 0.3) is 0 Å². The molecule has 168 valence electrons. The van der Waals surface area contributed by atoms with Crippen LogP contribution in [0, 0.1) is 5.92 Å². The highest BCUT2D eigenvalue weighted by molar-refractivity contribution is 6.06. The molecule has 2 aromatic rings. The van der Waals surface area contributed by atoms with Crippen LogP contribution in [0.2, 0.25) is 0 Å². The van der Waals surface area contributed by atoms with Gasteiger partial charge in [-0.1, -0.05) is 52.2 Å². The largest absolute Gasteiger partial charge is 0.377 e. The van der Waals surface area contributed by atoms with Gasteiger partial charge in [0.05, 0.1) is 5.56 Å². The molecule has 0 spiro atoms. The Morgan fingerprint density at radius 3 is 2.26 bits per heavy atom. The van der Waals surface area contributed by atoms with Gasteiger partial charge in [0, 0.05) is 37.6 Å². The number of rotatable bonds is 11. The monoisotopic (exact) mass is 423 g/mol. The number of amides is 2. The van der Waals surface area contributed by atoms with Gasteiger partial charge >= 0.3 is 0 Å². The number of benzene rings is 2. The Morgan fingerprint density at radius 2 is 1.65 bits per heavy atom. The van der Waals surface area contributed by atoms with Crippen LogP contribution in [0.4, 0.5) is 11.4 Å². The molecule has 0 heterocycles. The minimum Gasteiger partial charge on any atom is -0.377 e. The maximum absolute atomic E-state index is 12.7. The SMILES string of the molecule is CCCCCCc1ccc(C(=O)Nc2ccc(N(C)C)c(C(=O)NCC(C)C)c2)cc1. The molecule has 0 bridgehead atoms. The maximum Gasteiger partial charge on any atom is 0.255 e. The fraction of sp³-hybridized carbons (Fsp3) is 0.462. The van der Waals surface area contributed by atoms with Crippen molar-refractivity contribution < 1.29 is 9.59 Å². The van der Waals surface area contributed by atoms with Crippen LogP contribution < -0.4 is 15.5 Å². The molecule has 0 aliphatic rings. The Labute approximate surface area is 187 Å². The third kappa shape index (κ3) is 7.74. The van der Waals surface area contributed by atoms with Gasteiger partial charge in [-0.15, -0.1) is 0 Å². The van der Waals surface area contributed by atoms with Crippen molar-refractivity contribution in [3.05, 3.63) is 59.2 Å². The fourth-order valence-electron chi connectivity index (χ4n) is 3.36. The number of carbonyl (C=O) groups excluding carboxylic acids is 2. The van der Waals surface area contributed by atoms with E-state index in [1.54, 1.807) is 6.07 Å². The molecule has 0 saturated carbocycles. The number of aryl methyl sites for hydroxylation is 1. The smallest absolute Gasteiger partial charge is 0.255 e. The zero-order valence-corrected chi connectivity index (χ0v) is 19.6. The molecule has 2 N–H and O–H groups in total. The normalized spacial score (nSPS) is 10.8. The van der Waals surface area contributed by atoms with Crippen molar-refractivity contribution >= 4 is 23.2 Å². The second-order valence-electron chi connectivity index (χ2n) is 8.69. The predicted molar refractivity (Wildman–Crippen MR) is 130 cm³/mol. The zero-order chi connectivity index (χ0) is 22.8. The molecule has 0 atom stereocenters. The summed E-state index contributed by atoms with van der Waals surface area (Å²) in [6.45, 7) is 6.93. The summed E-state index contributed by atoms with van der Waals surface area (Å²) in [6.07, 6.45) is 5.97. The Hall–Kier alpha value is -2.82. The van der Waals surface area contributed by atoms with E-state index in [2.05, 4.69) is 31.4 Å². The van der Waals surface area contributed by atoms with Crippen LogP contribution in [0.1, 0.15) is 72.7 Å². The van der Waals surface area contributed by atoms with Crippen molar-refractivity contribution in [1.82, 2.24) is 5.32 Å². The van der Waals surface area contributed by atoms with Crippen LogP contribution in [-0.2, 0) is 6.42 Å². The van der Waals surface area contributed by atoms with Crippen molar-refractivity contribution in [3.8, 4) is 0 Å². The van der Waals surface area contributed by atoms with E-state index in [1.807, 2.05) is 55.4 Å². The van der Waals surface area contributed by atoms with Crippen LogP contribution >= 0.6 is 0 Å². The lowest BCUT2D eigenvalue weighted by Crippen LogP contribution is -2.29. The van der Waals surface area contributed by atoms with Crippen molar-refractivity contribution in [2.24, 2.45) is 5.92 Å². The van der Waals surface area contributed by atoms with Crippen molar-refractivity contribution in [2.45, 2.75) is 52.9 Å². The van der Waals surface area contributed by atoms with Crippen molar-refractivity contribution in [1.29, 1.82) is 0 Å². The Balaban J connectivity index is 2.08. The van der Waals surface area contributed by atoms with E-state index in [1.165, 1.54) is 31.2 Å². The third-order valence-corrected chi connectivity index (χ3v) is 5.19. The van der Waals surface area contributed by atoms with Gasteiger partial charge in [0.15, 0.2) is 0 Å². The maximum atomic E-state index is 12.7. The highest BCUT2D eigenvalue weighted by Gasteiger charge is 2.15. The van der Waals surface area contributed by atoms with Gasteiger partial charge in [0.1, 0.15) is 0 Å². The molecular formula is C26H37N3O2. The number of unbranched alkanes of at least 4 members (excludes halogenated alkanes) is 3. The number of hydrogen-bond donors (Lipinski definition) is 2. The van der Waals surface area contributed by atoms with E-state index in [4.69, 9.17) is 0 Å². The van der Waals surface area contributed by atoms with E-state index in [0.29, 0.717) is 29.3 Å². The van der Waals surface area contributed by atoms with E-state index >= 15 is 0 Å². The highest BCUT2D eigenvalue weighted by Crippen LogP contribution is 2.23. The first-order valence-corrected chi connectivity index (χ1v) is 11.3. The number of hydrogen-bond acceptors (Lipinski definition) is 3. The molecule has 0 saturated heterocycles. The lowest BCUT2D eigenvalue weighted by molar-refractivity contribution is 0.0948. The van der Waals surface area contributed by atoms with Crippen LogP contribution in [0.3, 0.4) is 0 Å².